The van der Waals surface area contributed by atoms with Gasteiger partial charge in [-0.3, -0.25) is 34.2 Å². The zero-order chi connectivity index (χ0) is 25.9. The van der Waals surface area contributed by atoms with E-state index in [1.165, 1.54) is 18.2 Å². The Bertz CT molecular complexity index is 982. The molecule has 0 spiro atoms. The number of nitrogens with zero attached hydrogens (tertiary/aromatic N) is 1. The summed E-state index contributed by atoms with van der Waals surface area (Å²) in [4.78, 5) is 61.9. The molecule has 1 unspecified atom stereocenters. The van der Waals surface area contributed by atoms with Crippen LogP contribution in [-0.4, -0.2) is 93.3 Å². The zero-order valence-corrected chi connectivity index (χ0v) is 20.2. The second-order valence-corrected chi connectivity index (χ2v) is 8.13. The van der Waals surface area contributed by atoms with Crippen LogP contribution in [0.2, 0.25) is 0 Å². The lowest BCUT2D eigenvalue weighted by atomic mass is 10.0. The number of carbonyl (C=O) groups excluding carboxylic acids is 5. The van der Waals surface area contributed by atoms with Gasteiger partial charge >= 0.3 is 0 Å². The van der Waals surface area contributed by atoms with Crippen molar-refractivity contribution in [1.82, 2.24) is 15.5 Å². The van der Waals surface area contributed by atoms with Gasteiger partial charge in [0.1, 0.15) is 11.8 Å². The number of carbonyl (C=O) groups is 5. The third-order valence-corrected chi connectivity index (χ3v) is 5.44. The van der Waals surface area contributed by atoms with Gasteiger partial charge in [-0.15, -0.1) is 0 Å². The molecule has 2 N–H and O–H groups in total. The third kappa shape index (κ3) is 7.33. The normalized spacial score (nSPS) is 17.2. The second kappa shape index (κ2) is 13.7. The van der Waals surface area contributed by atoms with Gasteiger partial charge in [-0.1, -0.05) is 6.92 Å². The van der Waals surface area contributed by atoms with Crippen LogP contribution in [0.15, 0.2) is 18.2 Å². The predicted octanol–water partition coefficient (Wildman–Crippen LogP) is 0.0426. The number of benzene rings is 1. The first-order valence-corrected chi connectivity index (χ1v) is 11.9. The van der Waals surface area contributed by atoms with Gasteiger partial charge in [-0.05, 0) is 31.0 Å². The van der Waals surface area contributed by atoms with E-state index in [4.69, 9.17) is 18.9 Å². The fraction of sp³-hybridized carbons (Fsp3) is 0.542. The van der Waals surface area contributed by atoms with E-state index in [1.807, 2.05) is 6.92 Å². The fourth-order valence-electron chi connectivity index (χ4n) is 3.69. The highest BCUT2D eigenvalue weighted by atomic mass is 16.5. The highest BCUT2D eigenvalue weighted by molar-refractivity contribution is 6.23. The van der Waals surface area contributed by atoms with Crippen LogP contribution in [-0.2, 0) is 28.6 Å². The number of ether oxygens (including phenoxy) is 4. The lowest BCUT2D eigenvalue weighted by Crippen LogP contribution is -2.54. The number of hydrogen-bond acceptors (Lipinski definition) is 9. The minimum absolute atomic E-state index is 0.0423. The summed E-state index contributed by atoms with van der Waals surface area (Å²) >= 11 is 0. The molecule has 3 rings (SSSR count). The summed E-state index contributed by atoms with van der Waals surface area (Å²) in [5.74, 6) is -2.52. The number of imide groups is 2. The van der Waals surface area contributed by atoms with Gasteiger partial charge in [0, 0.05) is 19.6 Å². The molecule has 1 aromatic carbocycles. The fourth-order valence-corrected chi connectivity index (χ4v) is 3.69. The second-order valence-electron chi connectivity index (χ2n) is 8.13. The number of nitrogens with one attached hydrogen (secondary N) is 2. The molecule has 0 bridgehead atoms. The van der Waals surface area contributed by atoms with Crippen LogP contribution in [0.4, 0.5) is 0 Å². The molecule has 0 radical (unpaired) electrons. The molecule has 0 aliphatic carbocycles. The molecule has 0 saturated carbocycles. The average Bonchev–Trinajstić information content (AvgIpc) is 3.10. The molecule has 12 heteroatoms. The van der Waals surface area contributed by atoms with Gasteiger partial charge < -0.3 is 24.3 Å². The van der Waals surface area contributed by atoms with E-state index in [0.29, 0.717) is 39.6 Å². The van der Waals surface area contributed by atoms with Crippen LogP contribution >= 0.6 is 0 Å². The molecule has 36 heavy (non-hydrogen) atoms. The molecule has 2 aliphatic heterocycles. The minimum atomic E-state index is -1.04. The van der Waals surface area contributed by atoms with Gasteiger partial charge in [0.05, 0.1) is 44.2 Å². The number of amides is 5. The first-order valence-electron chi connectivity index (χ1n) is 11.9. The molecule has 1 fully saturated rings. The van der Waals surface area contributed by atoms with Gasteiger partial charge in [-0.25, -0.2) is 0 Å². The lowest BCUT2D eigenvalue weighted by molar-refractivity contribution is -0.136. The van der Waals surface area contributed by atoms with Gasteiger partial charge in [0.2, 0.25) is 11.8 Å². The molecule has 5 amide bonds. The van der Waals surface area contributed by atoms with Crippen LogP contribution in [0.5, 0.6) is 5.75 Å². The Balaban J connectivity index is 1.36. The quantitative estimate of drug-likeness (QED) is 0.249. The van der Waals surface area contributed by atoms with Crippen LogP contribution in [0.3, 0.4) is 0 Å². The number of piperidine rings is 1. The summed E-state index contributed by atoms with van der Waals surface area (Å²) in [6.45, 7) is 4.97. The van der Waals surface area contributed by atoms with Crippen molar-refractivity contribution < 1.29 is 42.9 Å². The van der Waals surface area contributed by atoms with Crippen LogP contribution < -0.4 is 15.4 Å². The van der Waals surface area contributed by atoms with Crippen molar-refractivity contribution in [3.63, 3.8) is 0 Å². The molecule has 2 aliphatic rings. The Kier molecular flexibility index (Phi) is 10.3. The topological polar surface area (TPSA) is 150 Å². The van der Waals surface area contributed by atoms with E-state index in [2.05, 4.69) is 10.6 Å². The molecule has 2 heterocycles. The van der Waals surface area contributed by atoms with E-state index in [1.54, 1.807) is 0 Å². The summed E-state index contributed by atoms with van der Waals surface area (Å²) in [6.07, 6.45) is 1.09. The maximum atomic E-state index is 12.8. The van der Waals surface area contributed by atoms with Crippen LogP contribution in [0.1, 0.15) is 46.9 Å². The standard InChI is InChI=1S/C24H31N3O9/c1-2-8-33-10-12-35-13-11-34-9-7-25-21(29)15-36-16-3-4-17-18(14-16)24(32)27(23(17)31)19-5-6-20(28)26-22(19)30/h3-4,14,19H,2,5-13,15H2,1H3,(H,25,29)(H,26,28,30). The van der Waals surface area contributed by atoms with E-state index >= 15 is 0 Å². The smallest absolute Gasteiger partial charge is 0.262 e. The Morgan fingerprint density at radius 1 is 0.972 bits per heavy atom. The number of rotatable bonds is 15. The maximum absolute atomic E-state index is 12.8. The minimum Gasteiger partial charge on any atom is -0.484 e. The van der Waals surface area contributed by atoms with Crippen molar-refractivity contribution >= 4 is 29.5 Å². The molecule has 12 nitrogen and oxygen atoms in total. The zero-order valence-electron chi connectivity index (χ0n) is 20.2. The average molecular weight is 506 g/mol. The van der Waals surface area contributed by atoms with Crippen molar-refractivity contribution in [2.45, 2.75) is 32.2 Å². The van der Waals surface area contributed by atoms with E-state index in [-0.39, 0.29) is 42.2 Å². The molecule has 1 saturated heterocycles. The van der Waals surface area contributed by atoms with E-state index < -0.39 is 29.7 Å². The Hall–Kier alpha value is -3.35. The Morgan fingerprint density at radius 3 is 2.33 bits per heavy atom. The maximum Gasteiger partial charge on any atom is 0.262 e. The van der Waals surface area contributed by atoms with Gasteiger partial charge in [0.15, 0.2) is 6.61 Å². The summed E-state index contributed by atoms with van der Waals surface area (Å²) < 4.78 is 21.5. The van der Waals surface area contributed by atoms with Crippen molar-refractivity contribution in [2.75, 3.05) is 52.8 Å². The lowest BCUT2D eigenvalue weighted by Gasteiger charge is -2.27. The molecular weight excluding hydrogens is 474 g/mol. The Labute approximate surface area is 208 Å². The monoisotopic (exact) mass is 505 g/mol. The largest absolute Gasteiger partial charge is 0.484 e. The van der Waals surface area contributed by atoms with E-state index in [0.717, 1.165) is 17.9 Å². The van der Waals surface area contributed by atoms with Crippen molar-refractivity contribution in [1.29, 1.82) is 0 Å². The highest BCUT2D eigenvalue weighted by Gasteiger charge is 2.44. The Morgan fingerprint density at radius 2 is 1.64 bits per heavy atom. The molecular formula is C24H31N3O9. The van der Waals surface area contributed by atoms with Crippen molar-refractivity contribution in [3.05, 3.63) is 29.3 Å². The van der Waals surface area contributed by atoms with Crippen LogP contribution in [0, 0.1) is 0 Å². The molecule has 0 aromatic heterocycles. The number of fused-ring (bicyclic) bond motifs is 1. The molecule has 196 valence electrons. The first kappa shape index (κ1) is 27.2. The van der Waals surface area contributed by atoms with Crippen molar-refractivity contribution in [2.24, 2.45) is 0 Å². The van der Waals surface area contributed by atoms with Gasteiger partial charge in [0.25, 0.3) is 17.7 Å². The summed E-state index contributed by atoms with van der Waals surface area (Å²) in [5.41, 5.74) is 0.214. The highest BCUT2D eigenvalue weighted by Crippen LogP contribution is 2.30. The first-order chi connectivity index (χ1) is 17.4. The van der Waals surface area contributed by atoms with Crippen molar-refractivity contribution in [3.8, 4) is 5.75 Å². The van der Waals surface area contributed by atoms with E-state index in [9.17, 15) is 24.0 Å². The molecule has 1 atom stereocenters. The van der Waals surface area contributed by atoms with Crippen LogP contribution in [0.25, 0.3) is 0 Å². The summed E-state index contributed by atoms with van der Waals surface area (Å²) in [7, 11) is 0. The van der Waals surface area contributed by atoms with Gasteiger partial charge in [-0.2, -0.15) is 0 Å². The SMILES string of the molecule is CCCOCCOCCOCCNC(=O)COc1ccc2c(c1)C(=O)N(C1CCC(=O)NC1=O)C2=O. The summed E-state index contributed by atoms with van der Waals surface area (Å²) in [6, 6.07) is 3.21. The number of hydrogen-bond donors (Lipinski definition) is 2. The third-order valence-electron chi connectivity index (χ3n) is 5.44. The summed E-state index contributed by atoms with van der Waals surface area (Å²) in [5, 5.41) is 4.80. The molecule has 1 aromatic rings. The predicted molar refractivity (Wildman–Crippen MR) is 124 cm³/mol.